The molecule has 0 fully saturated rings. The number of hydrogen-bond donors (Lipinski definition) is 1. The van der Waals surface area contributed by atoms with Crippen molar-refractivity contribution in [3.63, 3.8) is 0 Å². The number of ether oxygens (including phenoxy) is 2. The molecule has 0 aliphatic rings. The third kappa shape index (κ3) is 5.66. The van der Waals surface area contributed by atoms with E-state index in [9.17, 15) is 0 Å². The number of nitrogens with one attached hydrogen (secondary N) is 1. The lowest BCUT2D eigenvalue weighted by Gasteiger charge is -2.13. The number of rotatable bonds is 8. The van der Waals surface area contributed by atoms with Gasteiger partial charge in [0.15, 0.2) is 11.5 Å². The van der Waals surface area contributed by atoms with E-state index in [2.05, 4.69) is 33.1 Å². The zero-order valence-electron chi connectivity index (χ0n) is 14.0. The molecule has 0 unspecified atom stereocenters. The molecule has 134 valence electrons. The Morgan fingerprint density at radius 1 is 1.12 bits per heavy atom. The summed E-state index contributed by atoms with van der Waals surface area (Å²) in [6, 6.07) is 9.31. The van der Waals surface area contributed by atoms with E-state index in [1.807, 2.05) is 32.0 Å². The molecule has 0 aromatic heterocycles. The standard InChI is InChI=1S/C18H19Cl2IN2O2/c1-3-24-17-9-12(8-16(21)18(17)25-4-2)10-22-23-11-13-14(19)6-5-7-15(13)20/h5-10,23H,3-4,11H2,1-2H3/b22-10-. The van der Waals surface area contributed by atoms with E-state index in [0.717, 1.165) is 20.4 Å². The topological polar surface area (TPSA) is 42.8 Å². The van der Waals surface area contributed by atoms with Gasteiger partial charge in [0.2, 0.25) is 0 Å². The van der Waals surface area contributed by atoms with E-state index in [4.69, 9.17) is 32.7 Å². The van der Waals surface area contributed by atoms with Gasteiger partial charge in [-0.3, -0.25) is 0 Å². The first-order valence-corrected chi connectivity index (χ1v) is 9.68. The summed E-state index contributed by atoms with van der Waals surface area (Å²) in [5, 5.41) is 5.48. The minimum absolute atomic E-state index is 0.446. The lowest BCUT2D eigenvalue weighted by molar-refractivity contribution is 0.286. The first-order chi connectivity index (χ1) is 12.1. The summed E-state index contributed by atoms with van der Waals surface area (Å²) in [6.07, 6.45) is 1.73. The molecule has 0 saturated heterocycles. The Bertz CT molecular complexity index is 734. The first kappa shape index (κ1) is 20.1. The molecule has 0 aliphatic carbocycles. The Balaban J connectivity index is 2.10. The second-order valence-corrected chi connectivity index (χ2v) is 6.97. The van der Waals surface area contributed by atoms with Gasteiger partial charge in [0, 0.05) is 15.6 Å². The zero-order valence-corrected chi connectivity index (χ0v) is 17.7. The zero-order chi connectivity index (χ0) is 18.2. The van der Waals surface area contributed by atoms with E-state index in [-0.39, 0.29) is 0 Å². The maximum Gasteiger partial charge on any atom is 0.174 e. The van der Waals surface area contributed by atoms with Gasteiger partial charge in [-0.1, -0.05) is 29.3 Å². The molecule has 25 heavy (non-hydrogen) atoms. The van der Waals surface area contributed by atoms with Crippen LogP contribution in [0.15, 0.2) is 35.4 Å². The minimum Gasteiger partial charge on any atom is -0.490 e. The molecule has 0 radical (unpaired) electrons. The Morgan fingerprint density at radius 2 is 1.80 bits per heavy atom. The molecule has 0 amide bonds. The van der Waals surface area contributed by atoms with Crippen molar-refractivity contribution in [1.82, 2.24) is 5.43 Å². The van der Waals surface area contributed by atoms with E-state index in [1.165, 1.54) is 0 Å². The fourth-order valence-corrected chi connectivity index (χ4v) is 3.47. The second-order valence-electron chi connectivity index (χ2n) is 4.99. The normalized spacial score (nSPS) is 10.9. The summed E-state index contributed by atoms with van der Waals surface area (Å²) in [5.74, 6) is 1.48. The predicted molar refractivity (Wildman–Crippen MR) is 112 cm³/mol. The molecular formula is C18H19Cl2IN2O2. The monoisotopic (exact) mass is 492 g/mol. The van der Waals surface area contributed by atoms with Crippen molar-refractivity contribution in [2.75, 3.05) is 13.2 Å². The van der Waals surface area contributed by atoms with Gasteiger partial charge in [-0.05, 0) is 66.3 Å². The van der Waals surface area contributed by atoms with Gasteiger partial charge in [-0.2, -0.15) is 5.10 Å². The molecule has 2 aromatic rings. The number of benzene rings is 2. The van der Waals surface area contributed by atoms with Crippen molar-refractivity contribution in [2.45, 2.75) is 20.4 Å². The fourth-order valence-electron chi connectivity index (χ4n) is 2.16. The highest BCUT2D eigenvalue weighted by atomic mass is 127. The van der Waals surface area contributed by atoms with Crippen LogP contribution in [-0.2, 0) is 6.54 Å². The van der Waals surface area contributed by atoms with Gasteiger partial charge >= 0.3 is 0 Å². The van der Waals surface area contributed by atoms with Crippen molar-refractivity contribution in [1.29, 1.82) is 0 Å². The van der Waals surface area contributed by atoms with Crippen LogP contribution in [0.3, 0.4) is 0 Å². The highest BCUT2D eigenvalue weighted by Crippen LogP contribution is 2.33. The number of nitrogens with zero attached hydrogens (tertiary/aromatic N) is 1. The smallest absolute Gasteiger partial charge is 0.174 e. The van der Waals surface area contributed by atoms with E-state index in [0.29, 0.717) is 35.6 Å². The average molecular weight is 493 g/mol. The van der Waals surface area contributed by atoms with E-state index >= 15 is 0 Å². The van der Waals surface area contributed by atoms with Crippen LogP contribution in [0.1, 0.15) is 25.0 Å². The molecule has 4 nitrogen and oxygen atoms in total. The number of hydrazone groups is 1. The van der Waals surface area contributed by atoms with Crippen LogP contribution >= 0.6 is 45.8 Å². The van der Waals surface area contributed by atoms with Crippen molar-refractivity contribution < 1.29 is 9.47 Å². The maximum absolute atomic E-state index is 6.14. The molecule has 0 bridgehead atoms. The third-order valence-electron chi connectivity index (χ3n) is 3.24. The summed E-state index contributed by atoms with van der Waals surface area (Å²) < 4.78 is 12.3. The van der Waals surface area contributed by atoms with Crippen molar-refractivity contribution >= 4 is 52.0 Å². The van der Waals surface area contributed by atoms with Crippen LogP contribution in [0.4, 0.5) is 0 Å². The highest BCUT2D eigenvalue weighted by Gasteiger charge is 2.11. The third-order valence-corrected chi connectivity index (χ3v) is 4.75. The van der Waals surface area contributed by atoms with Crippen molar-refractivity contribution in [3.8, 4) is 11.5 Å². The quantitative estimate of drug-likeness (QED) is 0.300. The lowest BCUT2D eigenvalue weighted by atomic mass is 10.2. The first-order valence-electron chi connectivity index (χ1n) is 7.84. The van der Waals surface area contributed by atoms with Gasteiger partial charge in [0.05, 0.1) is 29.5 Å². The van der Waals surface area contributed by atoms with Crippen molar-refractivity contribution in [2.24, 2.45) is 5.10 Å². The molecule has 7 heteroatoms. The molecule has 2 aromatic carbocycles. The lowest BCUT2D eigenvalue weighted by Crippen LogP contribution is -2.07. The van der Waals surface area contributed by atoms with Gasteiger partial charge < -0.3 is 14.9 Å². The van der Waals surface area contributed by atoms with Crippen LogP contribution in [0.2, 0.25) is 10.0 Å². The van der Waals surface area contributed by atoms with Crippen LogP contribution in [-0.4, -0.2) is 19.4 Å². The van der Waals surface area contributed by atoms with Crippen LogP contribution in [0.25, 0.3) is 0 Å². The van der Waals surface area contributed by atoms with Gasteiger partial charge in [0.25, 0.3) is 0 Å². The molecular weight excluding hydrogens is 474 g/mol. The van der Waals surface area contributed by atoms with E-state index < -0.39 is 0 Å². The predicted octanol–water partition coefficient (Wildman–Crippen LogP) is 5.52. The summed E-state index contributed by atoms with van der Waals surface area (Å²) in [4.78, 5) is 0. The van der Waals surface area contributed by atoms with Crippen LogP contribution in [0, 0.1) is 3.57 Å². The fraction of sp³-hybridized carbons (Fsp3) is 0.278. The molecule has 0 saturated carbocycles. The average Bonchev–Trinajstić information content (AvgIpc) is 2.57. The largest absolute Gasteiger partial charge is 0.490 e. The van der Waals surface area contributed by atoms with Gasteiger partial charge in [-0.25, -0.2) is 0 Å². The number of hydrogen-bond acceptors (Lipinski definition) is 4. The van der Waals surface area contributed by atoms with Gasteiger partial charge in [0.1, 0.15) is 0 Å². The summed E-state index contributed by atoms with van der Waals surface area (Å²) >= 11 is 14.5. The van der Waals surface area contributed by atoms with E-state index in [1.54, 1.807) is 18.3 Å². The Labute approximate surface area is 171 Å². The Morgan fingerprint density at radius 3 is 2.44 bits per heavy atom. The molecule has 0 spiro atoms. The molecule has 2 rings (SSSR count). The molecule has 0 heterocycles. The Kier molecular flexibility index (Phi) is 8.12. The second kappa shape index (κ2) is 10.1. The molecule has 1 N–H and O–H groups in total. The van der Waals surface area contributed by atoms with Crippen LogP contribution < -0.4 is 14.9 Å². The minimum atomic E-state index is 0.446. The number of halogens is 3. The van der Waals surface area contributed by atoms with Crippen LogP contribution in [0.5, 0.6) is 11.5 Å². The highest BCUT2D eigenvalue weighted by molar-refractivity contribution is 14.1. The summed E-state index contributed by atoms with van der Waals surface area (Å²) in [7, 11) is 0. The molecule has 0 aliphatic heterocycles. The Hall–Kier alpha value is -1.18. The maximum atomic E-state index is 6.14. The molecule has 0 atom stereocenters. The van der Waals surface area contributed by atoms with Gasteiger partial charge in [-0.15, -0.1) is 0 Å². The summed E-state index contributed by atoms with van der Waals surface area (Å²) in [5.41, 5.74) is 4.70. The van der Waals surface area contributed by atoms with Crippen molar-refractivity contribution in [3.05, 3.63) is 55.1 Å². The summed E-state index contributed by atoms with van der Waals surface area (Å²) in [6.45, 7) is 5.49. The SMILES string of the molecule is CCOc1cc(/C=N\NCc2c(Cl)cccc2Cl)cc(I)c1OCC.